The highest BCUT2D eigenvalue weighted by Gasteiger charge is 2.31. The van der Waals surface area contributed by atoms with Gasteiger partial charge in [-0.3, -0.25) is 14.0 Å². The number of nitrogens with one attached hydrogen (secondary N) is 1. The maximum Gasteiger partial charge on any atom is 0.263 e. The molecule has 5 rings (SSSR count). The first-order chi connectivity index (χ1) is 15.5. The van der Waals surface area contributed by atoms with Crippen LogP contribution in [0.15, 0.2) is 41.6 Å². The molecule has 1 atom stereocenters. The highest BCUT2D eigenvalue weighted by atomic mass is 35.5. The monoisotopic (exact) mass is 450 g/mol. The third kappa shape index (κ3) is 3.48. The molecule has 9 nitrogen and oxygen atoms in total. The minimum Gasteiger partial charge on any atom is -0.383 e. The van der Waals surface area contributed by atoms with Gasteiger partial charge in [0.1, 0.15) is 23.8 Å². The first-order valence-corrected chi connectivity index (χ1v) is 10.9. The number of aryl methyl sites for hydroxylation is 1. The molecule has 0 aliphatic heterocycles. The number of anilines is 2. The first kappa shape index (κ1) is 20.4. The molecule has 1 saturated carbocycles. The zero-order valence-electron chi connectivity index (χ0n) is 17.8. The average Bonchev–Trinajstić information content (AvgIpc) is 3.51. The zero-order chi connectivity index (χ0) is 22.4. The van der Waals surface area contributed by atoms with Crippen LogP contribution in [0.4, 0.5) is 11.6 Å². The number of aromatic nitrogens is 6. The van der Waals surface area contributed by atoms with Crippen LogP contribution in [-0.4, -0.2) is 29.3 Å². The molecule has 3 aromatic heterocycles. The number of nitrogen functional groups attached to an aromatic ring is 1. The van der Waals surface area contributed by atoms with Gasteiger partial charge in [0.25, 0.3) is 5.56 Å². The normalized spacial score (nSPS) is 14.6. The van der Waals surface area contributed by atoms with Gasteiger partial charge in [-0.05, 0) is 37.5 Å². The third-order valence-electron chi connectivity index (χ3n) is 5.70. The Labute approximate surface area is 189 Å². The van der Waals surface area contributed by atoms with Gasteiger partial charge in [0.15, 0.2) is 0 Å². The summed E-state index contributed by atoms with van der Waals surface area (Å²) in [6.45, 7) is 2.04. The van der Waals surface area contributed by atoms with Crippen molar-refractivity contribution in [2.24, 2.45) is 7.05 Å². The Hall–Kier alpha value is -3.46. The fraction of sp³-hybridized carbons (Fsp3) is 0.318. The number of benzene rings is 1. The van der Waals surface area contributed by atoms with Crippen LogP contribution in [-0.2, 0) is 7.05 Å². The Balaban J connectivity index is 1.64. The van der Waals surface area contributed by atoms with E-state index in [2.05, 4.69) is 20.4 Å². The smallest absolute Gasteiger partial charge is 0.263 e. The number of nitrogens with zero attached hydrogens (tertiary/aromatic N) is 6. The summed E-state index contributed by atoms with van der Waals surface area (Å²) in [4.78, 5) is 26.9. The van der Waals surface area contributed by atoms with E-state index in [-0.39, 0.29) is 17.6 Å². The van der Waals surface area contributed by atoms with E-state index >= 15 is 0 Å². The minimum atomic E-state index is -0.275. The largest absolute Gasteiger partial charge is 0.383 e. The van der Waals surface area contributed by atoms with E-state index in [4.69, 9.17) is 22.3 Å². The van der Waals surface area contributed by atoms with Crippen molar-refractivity contribution in [1.82, 2.24) is 29.3 Å². The maximum absolute atomic E-state index is 13.4. The van der Waals surface area contributed by atoms with Crippen LogP contribution in [0.1, 0.15) is 44.1 Å². The molecule has 0 spiro atoms. The summed E-state index contributed by atoms with van der Waals surface area (Å²) in [7, 11) is 1.84. The van der Waals surface area contributed by atoms with Gasteiger partial charge in [0.2, 0.25) is 0 Å². The van der Waals surface area contributed by atoms with Crippen molar-refractivity contribution in [3.05, 3.63) is 58.0 Å². The zero-order valence-corrected chi connectivity index (χ0v) is 18.5. The Morgan fingerprint density at radius 2 is 2.09 bits per heavy atom. The summed E-state index contributed by atoms with van der Waals surface area (Å²) < 4.78 is 3.49. The molecule has 0 bridgehead atoms. The van der Waals surface area contributed by atoms with Gasteiger partial charge in [0, 0.05) is 19.3 Å². The number of hydrogen-bond acceptors (Lipinski definition) is 7. The quantitative estimate of drug-likeness (QED) is 0.459. The molecule has 1 aliphatic carbocycles. The topological polar surface area (TPSA) is 117 Å². The number of fused-ring (bicyclic) bond motifs is 1. The molecule has 1 fully saturated rings. The van der Waals surface area contributed by atoms with E-state index in [1.807, 2.05) is 32.3 Å². The summed E-state index contributed by atoms with van der Waals surface area (Å²) >= 11 is 6.35. The third-order valence-corrected chi connectivity index (χ3v) is 6.01. The molecule has 1 aliphatic rings. The van der Waals surface area contributed by atoms with E-state index in [9.17, 15) is 4.79 Å². The van der Waals surface area contributed by atoms with Gasteiger partial charge in [-0.25, -0.2) is 15.0 Å². The second kappa shape index (κ2) is 7.90. The van der Waals surface area contributed by atoms with E-state index in [0.29, 0.717) is 51.1 Å². The number of rotatable bonds is 6. The molecular formula is C22H23ClN8O. The molecule has 32 heavy (non-hydrogen) atoms. The van der Waals surface area contributed by atoms with Crippen LogP contribution in [0.2, 0.25) is 5.02 Å². The molecule has 0 amide bonds. The molecule has 3 heterocycles. The number of hydrogen-bond donors (Lipinski definition) is 2. The lowest BCUT2D eigenvalue weighted by atomic mass is 10.1. The summed E-state index contributed by atoms with van der Waals surface area (Å²) in [5, 5.41) is 8.79. The fourth-order valence-corrected chi connectivity index (χ4v) is 4.23. The van der Waals surface area contributed by atoms with Crippen molar-refractivity contribution in [2.45, 2.75) is 38.3 Å². The Bertz CT molecular complexity index is 1370. The van der Waals surface area contributed by atoms with Gasteiger partial charge in [0.05, 0.1) is 33.2 Å². The molecule has 0 radical (unpaired) electrons. The van der Waals surface area contributed by atoms with E-state index in [0.717, 1.165) is 12.8 Å². The predicted molar refractivity (Wildman–Crippen MR) is 125 cm³/mol. The molecule has 3 N–H and O–H groups in total. The van der Waals surface area contributed by atoms with E-state index in [1.165, 1.54) is 6.33 Å². The van der Waals surface area contributed by atoms with Gasteiger partial charge in [-0.15, -0.1) is 0 Å². The van der Waals surface area contributed by atoms with Crippen LogP contribution >= 0.6 is 11.6 Å². The van der Waals surface area contributed by atoms with Crippen molar-refractivity contribution in [3.8, 4) is 11.3 Å². The Morgan fingerprint density at radius 1 is 1.28 bits per heavy atom. The van der Waals surface area contributed by atoms with E-state index < -0.39 is 0 Å². The Morgan fingerprint density at radius 3 is 2.78 bits per heavy atom. The highest BCUT2D eigenvalue weighted by molar-refractivity contribution is 6.35. The lowest BCUT2D eigenvalue weighted by Gasteiger charge is -2.23. The van der Waals surface area contributed by atoms with Gasteiger partial charge < -0.3 is 11.1 Å². The van der Waals surface area contributed by atoms with Crippen molar-refractivity contribution in [1.29, 1.82) is 0 Å². The van der Waals surface area contributed by atoms with E-state index in [1.54, 1.807) is 21.4 Å². The van der Waals surface area contributed by atoms with Crippen molar-refractivity contribution < 1.29 is 0 Å². The number of halogens is 1. The van der Waals surface area contributed by atoms with Crippen LogP contribution < -0.4 is 16.6 Å². The fourth-order valence-electron chi connectivity index (χ4n) is 3.97. The summed E-state index contributed by atoms with van der Waals surface area (Å²) in [5.74, 6) is 1.54. The number of nitrogens with two attached hydrogens (primary N) is 1. The summed E-state index contributed by atoms with van der Waals surface area (Å²) in [5.41, 5.74) is 7.96. The van der Waals surface area contributed by atoms with Crippen LogP contribution in [0.5, 0.6) is 0 Å². The maximum atomic E-state index is 13.4. The SMILES string of the molecule is CCC(Nc1ncnc(N)c1-c1ccn(C)n1)c1nc2cccc(Cl)c2c(=O)n1C1CC1. The molecule has 0 saturated heterocycles. The summed E-state index contributed by atoms with van der Waals surface area (Å²) in [6, 6.07) is 7.06. The standard InChI is InChI=1S/C22H23ClN8O/c1-3-14(27-20-18(19(24)25-11-26-20)16-9-10-30(2)29-16)21-28-15-6-4-5-13(23)17(15)22(32)31(21)12-7-8-12/h4-6,9-12,14H,3,7-8H2,1-2H3,(H3,24,25,26,27). The second-order valence-electron chi connectivity index (χ2n) is 7.97. The average molecular weight is 451 g/mol. The molecule has 164 valence electrons. The molecule has 10 heteroatoms. The van der Waals surface area contributed by atoms with Gasteiger partial charge in [-0.1, -0.05) is 24.6 Å². The van der Waals surface area contributed by atoms with Crippen LogP contribution in [0.25, 0.3) is 22.2 Å². The van der Waals surface area contributed by atoms with Crippen molar-refractivity contribution in [2.75, 3.05) is 11.1 Å². The lowest BCUT2D eigenvalue weighted by molar-refractivity contribution is 0.579. The molecule has 1 unspecified atom stereocenters. The molecule has 1 aromatic carbocycles. The molecule has 4 aromatic rings. The van der Waals surface area contributed by atoms with Crippen LogP contribution in [0.3, 0.4) is 0 Å². The molecular weight excluding hydrogens is 428 g/mol. The minimum absolute atomic E-state index is 0.106. The lowest BCUT2D eigenvalue weighted by Crippen LogP contribution is -2.29. The van der Waals surface area contributed by atoms with Crippen molar-refractivity contribution >= 4 is 34.1 Å². The van der Waals surface area contributed by atoms with Gasteiger partial charge in [-0.2, -0.15) is 5.10 Å². The van der Waals surface area contributed by atoms with Crippen molar-refractivity contribution in [3.63, 3.8) is 0 Å². The van der Waals surface area contributed by atoms with Gasteiger partial charge >= 0.3 is 0 Å². The highest BCUT2D eigenvalue weighted by Crippen LogP contribution is 2.38. The second-order valence-corrected chi connectivity index (χ2v) is 8.38. The Kier molecular flexibility index (Phi) is 5.05. The predicted octanol–water partition coefficient (Wildman–Crippen LogP) is 3.72. The summed E-state index contributed by atoms with van der Waals surface area (Å²) in [6.07, 6.45) is 5.82. The van der Waals surface area contributed by atoms with Crippen LogP contribution in [0, 0.1) is 0 Å². The first-order valence-electron chi connectivity index (χ1n) is 10.6.